The molecule has 7 rings (SSSR count). The number of carbonyl (C=O) groups excluding carboxylic acids is 1. The monoisotopic (exact) mass is 651 g/mol. The first-order chi connectivity index (χ1) is 23.4. The van der Waals surface area contributed by atoms with Crippen LogP contribution in [0.25, 0.3) is 32.9 Å². The van der Waals surface area contributed by atoms with Gasteiger partial charge in [0.15, 0.2) is 12.5 Å². The fraction of sp³-hybridized carbons (Fsp3) is 0.417. The van der Waals surface area contributed by atoms with Crippen LogP contribution in [0.1, 0.15) is 24.8 Å². The zero-order valence-corrected chi connectivity index (χ0v) is 26.6. The number of fused-ring (bicyclic) bond motifs is 3. The average molecular weight is 652 g/mol. The van der Waals surface area contributed by atoms with Crippen molar-refractivity contribution in [2.24, 2.45) is 5.92 Å². The van der Waals surface area contributed by atoms with Gasteiger partial charge in [-0.25, -0.2) is 8.78 Å². The maximum Gasteiger partial charge on any atom is 0.319 e. The summed E-state index contributed by atoms with van der Waals surface area (Å²) in [4.78, 5) is 32.2. The molecule has 2 aromatic carbocycles. The smallest absolute Gasteiger partial charge is 0.319 e. The van der Waals surface area contributed by atoms with Crippen molar-refractivity contribution in [3.8, 4) is 35.2 Å². The number of likely N-dealkylation sites (tertiary alicyclic amines) is 1. The number of pyridine rings is 1. The number of anilines is 1. The van der Waals surface area contributed by atoms with Gasteiger partial charge in [-0.15, -0.1) is 0 Å². The second-order valence-electron chi connectivity index (χ2n) is 12.6. The number of piperazine rings is 1. The number of benzene rings is 2. The number of halogens is 2. The molecule has 4 aromatic rings. The number of nitriles is 1. The van der Waals surface area contributed by atoms with Gasteiger partial charge in [0.2, 0.25) is 0 Å². The minimum Gasteiger partial charge on any atom is -0.463 e. The third-order valence-electron chi connectivity index (χ3n) is 9.65. The Morgan fingerprint density at radius 2 is 2.00 bits per heavy atom. The van der Waals surface area contributed by atoms with E-state index in [0.29, 0.717) is 54.8 Å². The van der Waals surface area contributed by atoms with E-state index in [1.165, 1.54) is 4.90 Å². The van der Waals surface area contributed by atoms with Crippen LogP contribution in [0.4, 0.5) is 14.6 Å². The second kappa shape index (κ2) is 13.3. The van der Waals surface area contributed by atoms with Crippen molar-refractivity contribution >= 4 is 33.4 Å². The lowest BCUT2D eigenvalue weighted by molar-refractivity contribution is -0.127. The number of rotatable bonds is 8. The minimum atomic E-state index is -0.940. The molecule has 10 nitrogen and oxygen atoms in total. The predicted molar refractivity (Wildman–Crippen MR) is 176 cm³/mol. The topological polar surface area (TPSA) is 119 Å². The number of hydrogen-bond acceptors (Lipinski definition) is 9. The van der Waals surface area contributed by atoms with Gasteiger partial charge in [0.1, 0.15) is 17.0 Å². The highest BCUT2D eigenvalue weighted by molar-refractivity contribution is 6.00. The summed E-state index contributed by atoms with van der Waals surface area (Å²) in [6, 6.07) is 13.7. The number of piperidine rings is 1. The zero-order valence-electron chi connectivity index (χ0n) is 26.6. The van der Waals surface area contributed by atoms with Gasteiger partial charge in [0.05, 0.1) is 36.6 Å². The van der Waals surface area contributed by atoms with E-state index < -0.39 is 24.4 Å². The summed E-state index contributed by atoms with van der Waals surface area (Å²) in [5.41, 5.74) is 1.86. The Kier molecular flexibility index (Phi) is 8.78. The summed E-state index contributed by atoms with van der Waals surface area (Å²) in [5, 5.41) is 21.9. The molecule has 12 heteroatoms. The maximum atomic E-state index is 16.7. The van der Waals surface area contributed by atoms with Crippen LogP contribution >= 0.6 is 0 Å². The zero-order chi connectivity index (χ0) is 33.4. The summed E-state index contributed by atoms with van der Waals surface area (Å²) in [7, 11) is 0. The van der Waals surface area contributed by atoms with Crippen LogP contribution < -0.4 is 9.64 Å². The Morgan fingerprint density at radius 1 is 1.17 bits per heavy atom. The van der Waals surface area contributed by atoms with Gasteiger partial charge in [-0.1, -0.05) is 42.3 Å². The third-order valence-corrected chi connectivity index (χ3v) is 9.65. The lowest BCUT2D eigenvalue weighted by atomic mass is 9.97. The lowest BCUT2D eigenvalue weighted by Crippen LogP contribution is -2.55. The normalized spacial score (nSPS) is 21.9. The van der Waals surface area contributed by atoms with Crippen LogP contribution in [0.5, 0.6) is 6.01 Å². The quantitative estimate of drug-likeness (QED) is 0.223. The number of alkyl halides is 1. The Labute approximate surface area is 276 Å². The number of aryl methyl sites for hydroxylation is 1. The van der Waals surface area contributed by atoms with Gasteiger partial charge < -0.3 is 19.6 Å². The Balaban J connectivity index is 1.24. The molecule has 0 radical (unpaired) electrons. The molecular weight excluding hydrogens is 616 g/mol. The van der Waals surface area contributed by atoms with Gasteiger partial charge in [-0.3, -0.25) is 14.7 Å². The molecule has 4 heterocycles. The summed E-state index contributed by atoms with van der Waals surface area (Å²) in [6.07, 6.45) is 3.03. The number of ether oxygens (including phenoxy) is 1. The molecule has 4 atom stereocenters. The molecule has 1 N–H and O–H groups in total. The molecule has 2 saturated heterocycles. The van der Waals surface area contributed by atoms with Crippen molar-refractivity contribution in [1.29, 1.82) is 5.26 Å². The van der Waals surface area contributed by atoms with E-state index in [1.807, 2.05) is 48.2 Å². The molecule has 1 amide bonds. The summed E-state index contributed by atoms with van der Waals surface area (Å²) >= 11 is 0. The maximum absolute atomic E-state index is 16.7. The summed E-state index contributed by atoms with van der Waals surface area (Å²) in [5.74, 6) is 4.07. The highest BCUT2D eigenvalue weighted by Crippen LogP contribution is 2.44. The first kappa shape index (κ1) is 31.7. The van der Waals surface area contributed by atoms with E-state index >= 15 is 4.39 Å². The number of hydrogen-bond donors (Lipinski definition) is 1. The Bertz CT molecular complexity index is 1980. The van der Waals surface area contributed by atoms with Gasteiger partial charge in [0, 0.05) is 56.4 Å². The van der Waals surface area contributed by atoms with Gasteiger partial charge in [0.25, 0.3) is 5.91 Å². The van der Waals surface area contributed by atoms with Crippen molar-refractivity contribution in [2.75, 3.05) is 50.9 Å². The van der Waals surface area contributed by atoms with E-state index in [-0.39, 0.29) is 42.8 Å². The van der Waals surface area contributed by atoms with Crippen LogP contribution in [0.3, 0.4) is 0 Å². The van der Waals surface area contributed by atoms with E-state index in [0.717, 1.165) is 29.3 Å². The molecule has 48 heavy (non-hydrogen) atoms. The number of nitrogens with zero attached hydrogens (tertiary/aromatic N) is 7. The van der Waals surface area contributed by atoms with Gasteiger partial charge in [-0.05, 0) is 42.0 Å². The fourth-order valence-electron chi connectivity index (χ4n) is 7.25. The molecule has 2 aliphatic heterocycles. The second-order valence-corrected chi connectivity index (χ2v) is 12.6. The average Bonchev–Trinajstić information content (AvgIpc) is 3.84. The highest BCUT2D eigenvalue weighted by atomic mass is 19.1. The van der Waals surface area contributed by atoms with E-state index in [9.17, 15) is 19.6 Å². The standard InChI is InChI=1S/C36H35F2N7O3/c1-22-6-2-7-23-8-3-9-25(31(22)23)33-32(38)34-27(19-40-33)35(44-15-16-45(24(20-44)11-13-39)30(47)10-4-12-37)42-36(41-34)48-17-5-14-43-21-29(46)26-18-28(26)43/h2-3,6-9,19,24,26,28-29,46H,5,11-12,14-18,20-21H2,1H3/t24-,26?,28+,29-/m0/s1. The molecule has 0 bridgehead atoms. The van der Waals surface area contributed by atoms with Gasteiger partial charge >= 0.3 is 6.01 Å². The summed E-state index contributed by atoms with van der Waals surface area (Å²) in [6.45, 7) is 3.50. The van der Waals surface area contributed by atoms with Gasteiger partial charge in [-0.2, -0.15) is 15.2 Å². The largest absolute Gasteiger partial charge is 0.463 e. The highest BCUT2D eigenvalue weighted by Gasteiger charge is 2.52. The minimum absolute atomic E-state index is 0.0116. The van der Waals surface area contributed by atoms with E-state index in [4.69, 9.17) is 9.72 Å². The van der Waals surface area contributed by atoms with Crippen LogP contribution in [0.2, 0.25) is 0 Å². The number of amides is 1. The molecule has 1 aliphatic carbocycles. The number of aliphatic hydroxyl groups excluding tert-OH is 1. The third kappa shape index (κ3) is 5.98. The first-order valence-electron chi connectivity index (χ1n) is 16.2. The summed E-state index contributed by atoms with van der Waals surface area (Å²) < 4.78 is 35.4. The molecule has 3 fully saturated rings. The van der Waals surface area contributed by atoms with E-state index in [1.54, 1.807) is 6.20 Å². The first-order valence-corrected chi connectivity index (χ1v) is 16.2. The SMILES string of the molecule is Cc1cccc2cccc(-c3ncc4c(N5CCN(C(=O)C#CCF)[C@@H](CC#N)C5)nc(OCCCN5C[C@H](O)C6C[C@H]65)nc4c3F)c12. The van der Waals surface area contributed by atoms with Crippen LogP contribution in [0.15, 0.2) is 42.6 Å². The molecule has 1 saturated carbocycles. The molecule has 246 valence electrons. The van der Waals surface area contributed by atoms with Crippen molar-refractivity contribution in [1.82, 2.24) is 24.8 Å². The number of β-amino-alcohol motifs (C(OH)–C–C–N with tert-alkyl or cyclic N) is 1. The molecule has 2 aromatic heterocycles. The number of aliphatic hydroxyl groups is 1. The number of carbonyl (C=O) groups is 1. The van der Waals surface area contributed by atoms with Crippen LogP contribution in [-0.2, 0) is 4.79 Å². The molecular formula is C36H35F2N7O3. The Hall–Kier alpha value is -4.91. The predicted octanol–water partition coefficient (Wildman–Crippen LogP) is 4.03. The van der Waals surface area contributed by atoms with Crippen molar-refractivity contribution in [3.05, 3.63) is 54.0 Å². The molecule has 3 aliphatic rings. The number of aromatic nitrogens is 3. The van der Waals surface area contributed by atoms with Crippen LogP contribution in [-0.4, -0.2) is 100.0 Å². The van der Waals surface area contributed by atoms with Crippen molar-refractivity contribution in [3.63, 3.8) is 0 Å². The Morgan fingerprint density at radius 3 is 2.75 bits per heavy atom. The van der Waals surface area contributed by atoms with Crippen molar-refractivity contribution < 1.29 is 23.4 Å². The fourth-order valence-corrected chi connectivity index (χ4v) is 7.25. The lowest BCUT2D eigenvalue weighted by Gasteiger charge is -2.40. The van der Waals surface area contributed by atoms with Crippen LogP contribution in [0, 0.1) is 41.8 Å². The van der Waals surface area contributed by atoms with E-state index in [2.05, 4.69) is 32.8 Å². The molecule has 1 unspecified atom stereocenters. The van der Waals surface area contributed by atoms with Crippen molar-refractivity contribution in [2.45, 2.75) is 44.4 Å². The molecule has 0 spiro atoms.